The summed E-state index contributed by atoms with van der Waals surface area (Å²) in [5.74, 6) is 0.332. The number of nitrogens with zero attached hydrogens (tertiary/aromatic N) is 2. The molecule has 1 atom stereocenters. The summed E-state index contributed by atoms with van der Waals surface area (Å²) in [4.78, 5) is 11.5. The van der Waals surface area contributed by atoms with Gasteiger partial charge in [0.15, 0.2) is 0 Å². The first-order chi connectivity index (χ1) is 13.9. The Balaban J connectivity index is 1.75. The van der Waals surface area contributed by atoms with Gasteiger partial charge in [0.1, 0.15) is 11.8 Å². The fourth-order valence-electron chi connectivity index (χ4n) is 3.26. The molecule has 0 aliphatic carbocycles. The van der Waals surface area contributed by atoms with Crippen LogP contribution >= 0.6 is 0 Å². The molecule has 0 bridgehead atoms. The van der Waals surface area contributed by atoms with E-state index in [1.807, 2.05) is 6.07 Å². The molecule has 0 saturated heterocycles. The number of hydrogen-bond acceptors (Lipinski definition) is 5. The molecular weight excluding hydrogens is 390 g/mol. The lowest BCUT2D eigenvalue weighted by Gasteiger charge is -2.21. The van der Waals surface area contributed by atoms with Gasteiger partial charge in [-0.3, -0.25) is 4.79 Å². The van der Waals surface area contributed by atoms with Crippen molar-refractivity contribution >= 4 is 27.3 Å². The topological polar surface area (TPSA) is 92.0 Å². The zero-order chi connectivity index (χ0) is 20.4. The van der Waals surface area contributed by atoms with Crippen LogP contribution in [0.15, 0.2) is 87.4 Å². The third-order valence-electron chi connectivity index (χ3n) is 4.55. The highest BCUT2D eigenvalue weighted by Crippen LogP contribution is 2.37. The van der Waals surface area contributed by atoms with E-state index in [0.29, 0.717) is 23.6 Å². The van der Waals surface area contributed by atoms with Crippen LogP contribution in [-0.2, 0) is 14.8 Å². The van der Waals surface area contributed by atoms with Gasteiger partial charge in [0.2, 0.25) is 5.91 Å². The average molecular weight is 409 g/mol. The van der Waals surface area contributed by atoms with Gasteiger partial charge in [0.05, 0.1) is 16.9 Å². The van der Waals surface area contributed by atoms with Gasteiger partial charge in [0, 0.05) is 19.0 Å². The Kier molecular flexibility index (Phi) is 4.94. The highest BCUT2D eigenvalue weighted by Gasteiger charge is 2.39. The number of carbonyl (C=O) groups is 1. The maximum atomic E-state index is 13.2. The first-order valence-corrected chi connectivity index (χ1v) is 10.5. The minimum absolute atomic E-state index is 0.161. The van der Waals surface area contributed by atoms with Crippen molar-refractivity contribution in [1.82, 2.24) is 4.41 Å². The molecule has 2 aromatic carbocycles. The number of hydrogen-bond donors (Lipinski definition) is 1. The van der Waals surface area contributed by atoms with Gasteiger partial charge in [-0.2, -0.15) is 17.9 Å². The molecule has 29 heavy (non-hydrogen) atoms. The summed E-state index contributed by atoms with van der Waals surface area (Å²) in [6.45, 7) is 1.43. The molecular formula is C21H19N3O4S. The van der Waals surface area contributed by atoms with Crippen molar-refractivity contribution in [2.75, 3.05) is 5.32 Å². The van der Waals surface area contributed by atoms with E-state index < -0.39 is 16.1 Å². The Morgan fingerprint density at radius 1 is 1.10 bits per heavy atom. The van der Waals surface area contributed by atoms with E-state index in [4.69, 9.17) is 4.42 Å². The average Bonchev–Trinajstić information content (AvgIpc) is 3.38. The van der Waals surface area contributed by atoms with Gasteiger partial charge >= 0.3 is 0 Å². The molecule has 1 aliphatic heterocycles. The van der Waals surface area contributed by atoms with Crippen LogP contribution in [0.3, 0.4) is 0 Å². The van der Waals surface area contributed by atoms with Crippen molar-refractivity contribution in [3.63, 3.8) is 0 Å². The minimum atomic E-state index is -3.87. The summed E-state index contributed by atoms with van der Waals surface area (Å²) in [6.07, 6.45) is 1.86. The molecule has 1 amide bonds. The Morgan fingerprint density at radius 3 is 2.59 bits per heavy atom. The van der Waals surface area contributed by atoms with Crippen molar-refractivity contribution in [1.29, 1.82) is 0 Å². The van der Waals surface area contributed by atoms with Crippen molar-refractivity contribution in [3.05, 3.63) is 84.3 Å². The maximum Gasteiger partial charge on any atom is 0.279 e. The number of rotatable bonds is 5. The molecule has 1 aliphatic rings. The predicted molar refractivity (Wildman–Crippen MR) is 109 cm³/mol. The second-order valence-corrected chi connectivity index (χ2v) is 8.43. The molecule has 1 aromatic heterocycles. The summed E-state index contributed by atoms with van der Waals surface area (Å²) in [5.41, 5.74) is 1.95. The molecule has 4 rings (SSSR count). The lowest BCUT2D eigenvalue weighted by molar-refractivity contribution is -0.114. The number of furan rings is 1. The van der Waals surface area contributed by atoms with Gasteiger partial charge in [-0.05, 0) is 42.0 Å². The summed E-state index contributed by atoms with van der Waals surface area (Å²) >= 11 is 0. The van der Waals surface area contributed by atoms with E-state index in [9.17, 15) is 13.2 Å². The fourth-order valence-corrected chi connectivity index (χ4v) is 4.69. The molecule has 0 radical (unpaired) electrons. The van der Waals surface area contributed by atoms with Gasteiger partial charge < -0.3 is 9.73 Å². The van der Waals surface area contributed by atoms with E-state index in [-0.39, 0.29) is 10.8 Å². The monoisotopic (exact) mass is 409 g/mol. The summed E-state index contributed by atoms with van der Waals surface area (Å²) < 4.78 is 33.1. The molecule has 3 aromatic rings. The van der Waals surface area contributed by atoms with E-state index in [2.05, 4.69) is 10.4 Å². The van der Waals surface area contributed by atoms with E-state index in [1.54, 1.807) is 60.7 Å². The molecule has 0 spiro atoms. The SMILES string of the molecule is CC(=O)Nc1cccc(C2=NN(S(=O)(=O)c3ccccc3)[C@@H](c3ccco3)C2)c1. The van der Waals surface area contributed by atoms with Gasteiger partial charge in [-0.25, -0.2) is 0 Å². The number of anilines is 1. The largest absolute Gasteiger partial charge is 0.467 e. The number of amides is 1. The molecule has 8 heteroatoms. The van der Waals surface area contributed by atoms with Crippen molar-refractivity contribution < 1.29 is 17.6 Å². The summed E-state index contributed by atoms with van der Waals surface area (Å²) in [6, 6.07) is 18.2. The van der Waals surface area contributed by atoms with Crippen LogP contribution in [0.4, 0.5) is 5.69 Å². The second-order valence-electron chi connectivity index (χ2n) is 6.63. The number of sulfonamides is 1. The van der Waals surface area contributed by atoms with E-state index in [1.165, 1.54) is 13.2 Å². The molecule has 2 heterocycles. The van der Waals surface area contributed by atoms with Crippen LogP contribution in [0.1, 0.15) is 30.7 Å². The number of benzene rings is 2. The second kappa shape index (κ2) is 7.56. The zero-order valence-electron chi connectivity index (χ0n) is 15.6. The smallest absolute Gasteiger partial charge is 0.279 e. The molecule has 7 nitrogen and oxygen atoms in total. The fraction of sp³-hybridized carbons (Fsp3) is 0.143. The van der Waals surface area contributed by atoms with Crippen LogP contribution in [0.5, 0.6) is 0 Å². The van der Waals surface area contributed by atoms with Crippen molar-refractivity contribution in [3.8, 4) is 0 Å². The number of hydrazone groups is 1. The quantitative estimate of drug-likeness (QED) is 0.694. The van der Waals surface area contributed by atoms with Crippen LogP contribution in [-0.4, -0.2) is 24.5 Å². The number of carbonyl (C=O) groups excluding carboxylic acids is 1. The predicted octanol–water partition coefficient (Wildman–Crippen LogP) is 3.78. The third-order valence-corrected chi connectivity index (χ3v) is 6.24. The maximum absolute atomic E-state index is 13.2. The van der Waals surface area contributed by atoms with Crippen LogP contribution < -0.4 is 5.32 Å². The minimum Gasteiger partial charge on any atom is -0.467 e. The molecule has 0 unspecified atom stereocenters. The Morgan fingerprint density at radius 2 is 1.90 bits per heavy atom. The lowest BCUT2D eigenvalue weighted by atomic mass is 10.0. The Bertz CT molecular complexity index is 1160. The zero-order valence-corrected chi connectivity index (χ0v) is 16.5. The first kappa shape index (κ1) is 18.9. The number of nitrogens with one attached hydrogen (secondary N) is 1. The lowest BCUT2D eigenvalue weighted by Crippen LogP contribution is -2.27. The molecule has 148 valence electrons. The van der Waals surface area contributed by atoms with Gasteiger partial charge in [0.25, 0.3) is 10.0 Å². The Hall–Kier alpha value is -3.39. The highest BCUT2D eigenvalue weighted by atomic mass is 32.2. The molecule has 0 fully saturated rings. The highest BCUT2D eigenvalue weighted by molar-refractivity contribution is 7.89. The van der Waals surface area contributed by atoms with E-state index >= 15 is 0 Å². The normalized spacial score (nSPS) is 16.5. The Labute approximate surface area is 168 Å². The standard InChI is InChI=1S/C21H19N3O4S/c1-15(25)22-17-8-5-7-16(13-17)19-14-20(21-11-6-12-28-21)24(23-19)29(26,27)18-9-3-2-4-10-18/h2-13,20H,14H2,1H3,(H,22,25)/t20-/m1/s1. The van der Waals surface area contributed by atoms with Crippen LogP contribution in [0.25, 0.3) is 0 Å². The molecule has 0 saturated carbocycles. The van der Waals surface area contributed by atoms with Gasteiger partial charge in [-0.15, -0.1) is 0 Å². The summed E-state index contributed by atoms with van der Waals surface area (Å²) in [5, 5.41) is 7.18. The third kappa shape index (κ3) is 3.79. The van der Waals surface area contributed by atoms with Crippen LogP contribution in [0.2, 0.25) is 0 Å². The van der Waals surface area contributed by atoms with E-state index in [0.717, 1.165) is 9.98 Å². The first-order valence-electron chi connectivity index (χ1n) is 9.03. The molecule has 1 N–H and O–H groups in total. The van der Waals surface area contributed by atoms with Crippen molar-refractivity contribution in [2.45, 2.75) is 24.3 Å². The van der Waals surface area contributed by atoms with Crippen LogP contribution in [0, 0.1) is 0 Å². The summed E-state index contributed by atoms with van der Waals surface area (Å²) in [7, 11) is -3.87. The van der Waals surface area contributed by atoms with Gasteiger partial charge in [-0.1, -0.05) is 30.3 Å². The van der Waals surface area contributed by atoms with Crippen molar-refractivity contribution in [2.24, 2.45) is 5.10 Å².